The van der Waals surface area contributed by atoms with Crippen LogP contribution in [0.1, 0.15) is 21.5 Å². The highest BCUT2D eigenvalue weighted by Crippen LogP contribution is 2.22. The van der Waals surface area contributed by atoms with Crippen molar-refractivity contribution in [2.24, 2.45) is 0 Å². The number of halogens is 4. The Hall–Kier alpha value is -2.62. The van der Waals surface area contributed by atoms with Gasteiger partial charge in [-0.3, -0.25) is 4.79 Å². The Balaban J connectivity index is 2.25. The summed E-state index contributed by atoms with van der Waals surface area (Å²) in [5, 5.41) is 8.71. The summed E-state index contributed by atoms with van der Waals surface area (Å²) in [6, 6.07) is 6.88. The van der Waals surface area contributed by atoms with Crippen LogP contribution in [0.3, 0.4) is 0 Å². The fourth-order valence-corrected chi connectivity index (χ4v) is 1.82. The summed E-state index contributed by atoms with van der Waals surface area (Å²) in [7, 11) is 0. The zero-order valence-electron chi connectivity index (χ0n) is 10.5. The van der Waals surface area contributed by atoms with E-state index in [0.717, 1.165) is 12.3 Å². The number of nitriles is 1. The molecule has 0 fully saturated rings. The van der Waals surface area contributed by atoms with Gasteiger partial charge in [0.15, 0.2) is 0 Å². The van der Waals surface area contributed by atoms with E-state index in [9.17, 15) is 22.4 Å². The van der Waals surface area contributed by atoms with E-state index in [2.05, 4.69) is 0 Å². The average Bonchev–Trinajstić information content (AvgIpc) is 2.87. The molecule has 0 saturated heterocycles. The van der Waals surface area contributed by atoms with Crippen molar-refractivity contribution >= 4 is 5.78 Å². The minimum absolute atomic E-state index is 0.0769. The molecule has 2 aromatic rings. The van der Waals surface area contributed by atoms with Crippen molar-refractivity contribution < 1.29 is 22.4 Å². The predicted octanol–water partition coefficient (Wildman–Crippen LogP) is 3.29. The second-order valence-corrected chi connectivity index (χ2v) is 4.29. The zero-order valence-corrected chi connectivity index (χ0v) is 10.5. The summed E-state index contributed by atoms with van der Waals surface area (Å²) in [6.45, 7) is -0.0769. The Labute approximate surface area is 117 Å². The SMILES string of the molecule is N#Cc1cccc(Cn2ccc(C(=O)C(F)(F)F)c2)c1F. The van der Waals surface area contributed by atoms with Gasteiger partial charge >= 0.3 is 6.18 Å². The van der Waals surface area contributed by atoms with Crippen molar-refractivity contribution in [2.45, 2.75) is 12.7 Å². The molecule has 1 heterocycles. The molecule has 108 valence electrons. The highest BCUT2D eigenvalue weighted by molar-refractivity contribution is 6.00. The molecule has 0 radical (unpaired) electrons. The van der Waals surface area contributed by atoms with Crippen LogP contribution in [0.4, 0.5) is 17.6 Å². The normalized spacial score (nSPS) is 11.2. The molecule has 21 heavy (non-hydrogen) atoms. The van der Waals surface area contributed by atoms with Gasteiger partial charge in [-0.05, 0) is 12.1 Å². The smallest absolute Gasteiger partial charge is 0.349 e. The van der Waals surface area contributed by atoms with E-state index in [1.54, 1.807) is 6.07 Å². The maximum atomic E-state index is 13.8. The number of benzene rings is 1. The van der Waals surface area contributed by atoms with Crippen LogP contribution in [-0.4, -0.2) is 16.5 Å². The van der Waals surface area contributed by atoms with Crippen LogP contribution in [0.15, 0.2) is 36.7 Å². The van der Waals surface area contributed by atoms with Crippen LogP contribution in [-0.2, 0) is 6.54 Å². The fourth-order valence-electron chi connectivity index (χ4n) is 1.82. The molecule has 0 aliphatic heterocycles. The monoisotopic (exact) mass is 296 g/mol. The van der Waals surface area contributed by atoms with Gasteiger partial charge in [-0.2, -0.15) is 18.4 Å². The van der Waals surface area contributed by atoms with Crippen molar-refractivity contribution in [3.8, 4) is 6.07 Å². The first-order chi connectivity index (χ1) is 9.82. The van der Waals surface area contributed by atoms with Gasteiger partial charge in [0.1, 0.15) is 11.9 Å². The van der Waals surface area contributed by atoms with Crippen LogP contribution in [0, 0.1) is 17.1 Å². The molecule has 2 rings (SSSR count). The van der Waals surface area contributed by atoms with Crippen LogP contribution in [0.25, 0.3) is 0 Å². The standard InChI is InChI=1S/C14H8F4N2O/c15-12-9(6-19)2-1-3-10(12)7-20-5-4-11(8-20)13(21)14(16,17)18/h1-5,8H,7H2. The van der Waals surface area contributed by atoms with Gasteiger partial charge in [-0.1, -0.05) is 12.1 Å². The second-order valence-electron chi connectivity index (χ2n) is 4.29. The van der Waals surface area contributed by atoms with Gasteiger partial charge in [-0.25, -0.2) is 4.39 Å². The van der Waals surface area contributed by atoms with Crippen molar-refractivity contribution in [1.29, 1.82) is 5.26 Å². The molecular weight excluding hydrogens is 288 g/mol. The molecule has 3 nitrogen and oxygen atoms in total. The fraction of sp³-hybridized carbons (Fsp3) is 0.143. The van der Waals surface area contributed by atoms with Crippen LogP contribution in [0.5, 0.6) is 0 Å². The van der Waals surface area contributed by atoms with E-state index in [1.165, 1.54) is 29.0 Å². The minimum Gasteiger partial charge on any atom is -0.349 e. The topological polar surface area (TPSA) is 45.8 Å². The Morgan fingerprint density at radius 2 is 2.00 bits per heavy atom. The highest BCUT2D eigenvalue weighted by atomic mass is 19.4. The average molecular weight is 296 g/mol. The Kier molecular flexibility index (Phi) is 3.80. The first kappa shape index (κ1) is 14.8. The lowest BCUT2D eigenvalue weighted by atomic mass is 10.1. The zero-order chi connectivity index (χ0) is 15.6. The van der Waals surface area contributed by atoms with Gasteiger partial charge in [-0.15, -0.1) is 0 Å². The number of hydrogen-bond donors (Lipinski definition) is 0. The van der Waals surface area contributed by atoms with Gasteiger partial charge in [0.25, 0.3) is 5.78 Å². The number of rotatable bonds is 3. The molecule has 0 saturated carbocycles. The van der Waals surface area contributed by atoms with Gasteiger partial charge in [0, 0.05) is 30.1 Å². The first-order valence-electron chi connectivity index (χ1n) is 5.77. The molecule has 0 bridgehead atoms. The number of hydrogen-bond acceptors (Lipinski definition) is 2. The molecule has 0 aliphatic rings. The lowest BCUT2D eigenvalue weighted by Gasteiger charge is -2.06. The second kappa shape index (κ2) is 5.40. The molecule has 0 spiro atoms. The van der Waals surface area contributed by atoms with E-state index >= 15 is 0 Å². The lowest BCUT2D eigenvalue weighted by molar-refractivity contribution is -0.0885. The third kappa shape index (κ3) is 3.11. The number of alkyl halides is 3. The number of carbonyl (C=O) groups excluding carboxylic acids is 1. The molecule has 0 atom stereocenters. The maximum Gasteiger partial charge on any atom is 0.454 e. The molecule has 0 unspecified atom stereocenters. The third-order valence-electron chi connectivity index (χ3n) is 2.82. The molecule has 1 aromatic heterocycles. The largest absolute Gasteiger partial charge is 0.454 e. The number of ketones is 1. The van der Waals surface area contributed by atoms with E-state index in [4.69, 9.17) is 5.26 Å². The summed E-state index contributed by atoms with van der Waals surface area (Å²) in [5.41, 5.74) is -0.513. The highest BCUT2D eigenvalue weighted by Gasteiger charge is 2.39. The summed E-state index contributed by atoms with van der Waals surface area (Å²) in [6.07, 6.45) is -2.70. The van der Waals surface area contributed by atoms with Crippen molar-refractivity contribution in [3.63, 3.8) is 0 Å². The van der Waals surface area contributed by atoms with Crippen LogP contribution >= 0.6 is 0 Å². The summed E-state index contributed by atoms with van der Waals surface area (Å²) in [5.74, 6) is -2.68. The van der Waals surface area contributed by atoms with E-state index in [1.807, 2.05) is 0 Å². The first-order valence-corrected chi connectivity index (χ1v) is 5.77. The number of aromatic nitrogens is 1. The molecule has 0 N–H and O–H groups in total. The predicted molar refractivity (Wildman–Crippen MR) is 65.0 cm³/mol. The Morgan fingerprint density at radius 3 is 2.62 bits per heavy atom. The van der Waals surface area contributed by atoms with E-state index in [0.29, 0.717) is 0 Å². The summed E-state index contributed by atoms with van der Waals surface area (Å²) < 4.78 is 51.9. The number of carbonyl (C=O) groups is 1. The van der Waals surface area contributed by atoms with Gasteiger partial charge < -0.3 is 4.57 Å². The molecule has 1 aromatic carbocycles. The molecule has 0 amide bonds. The number of nitrogens with zero attached hydrogens (tertiary/aromatic N) is 2. The summed E-state index contributed by atoms with van der Waals surface area (Å²) >= 11 is 0. The van der Waals surface area contributed by atoms with Crippen LogP contribution in [0.2, 0.25) is 0 Å². The lowest BCUT2D eigenvalue weighted by Crippen LogP contribution is -2.22. The molecule has 0 aliphatic carbocycles. The van der Waals surface area contributed by atoms with Gasteiger partial charge in [0.2, 0.25) is 0 Å². The third-order valence-corrected chi connectivity index (χ3v) is 2.82. The van der Waals surface area contributed by atoms with Crippen molar-refractivity contribution in [1.82, 2.24) is 4.57 Å². The van der Waals surface area contributed by atoms with Crippen molar-refractivity contribution in [2.75, 3.05) is 0 Å². The number of Topliss-reactive ketones (excluding diaryl/α,β-unsaturated/α-hetero) is 1. The van der Waals surface area contributed by atoms with Crippen molar-refractivity contribution in [3.05, 3.63) is 59.2 Å². The van der Waals surface area contributed by atoms with Crippen LogP contribution < -0.4 is 0 Å². The minimum atomic E-state index is -4.95. The van der Waals surface area contributed by atoms with Gasteiger partial charge in [0.05, 0.1) is 5.56 Å². The van der Waals surface area contributed by atoms with E-state index in [-0.39, 0.29) is 17.7 Å². The summed E-state index contributed by atoms with van der Waals surface area (Å²) in [4.78, 5) is 11.0. The Morgan fingerprint density at radius 1 is 1.29 bits per heavy atom. The maximum absolute atomic E-state index is 13.8. The quantitative estimate of drug-likeness (QED) is 0.644. The molecule has 7 heteroatoms. The Bertz CT molecular complexity index is 725. The molecular formula is C14H8F4N2O. The van der Waals surface area contributed by atoms with E-state index < -0.39 is 23.3 Å².